The minimum atomic E-state index is -4.83. The lowest BCUT2D eigenvalue weighted by atomic mass is 10.1. The van der Waals surface area contributed by atoms with E-state index in [1.807, 2.05) is 19.1 Å². The number of hydrogen-bond acceptors (Lipinski definition) is 3. The molecule has 0 bridgehead atoms. The number of nitrogens with one attached hydrogen (secondary N) is 1. The van der Waals surface area contributed by atoms with Gasteiger partial charge in [0.1, 0.15) is 18.0 Å². The largest absolute Gasteiger partial charge is 0.417 e. The van der Waals surface area contributed by atoms with Crippen molar-refractivity contribution < 1.29 is 22.4 Å². The fourth-order valence-electron chi connectivity index (χ4n) is 3.79. The highest BCUT2D eigenvalue weighted by atomic mass is 19.4. The summed E-state index contributed by atoms with van der Waals surface area (Å²) in [5.41, 5.74) is -0.814. The van der Waals surface area contributed by atoms with Gasteiger partial charge in [0.2, 0.25) is 5.91 Å². The molecule has 4 rings (SSSR count). The van der Waals surface area contributed by atoms with E-state index in [1.54, 1.807) is 12.1 Å². The van der Waals surface area contributed by atoms with E-state index in [4.69, 9.17) is 0 Å². The zero-order valence-corrected chi connectivity index (χ0v) is 18.3. The predicted octanol–water partition coefficient (Wildman–Crippen LogP) is 4.85. The van der Waals surface area contributed by atoms with Crippen molar-refractivity contribution in [1.29, 1.82) is 0 Å². The molecule has 0 saturated carbocycles. The van der Waals surface area contributed by atoms with Gasteiger partial charge < -0.3 is 5.32 Å². The Bertz CT molecular complexity index is 1440. The maximum absolute atomic E-state index is 13.9. The maximum Gasteiger partial charge on any atom is 0.417 e. The van der Waals surface area contributed by atoms with Gasteiger partial charge in [-0.05, 0) is 49.2 Å². The molecule has 1 amide bonds. The van der Waals surface area contributed by atoms with E-state index in [-0.39, 0.29) is 22.4 Å². The van der Waals surface area contributed by atoms with Gasteiger partial charge in [-0.3, -0.25) is 14.2 Å². The smallest absolute Gasteiger partial charge is 0.325 e. The van der Waals surface area contributed by atoms with E-state index in [0.29, 0.717) is 11.8 Å². The fraction of sp³-hybridized carbons (Fsp3) is 0.208. The van der Waals surface area contributed by atoms with Crippen molar-refractivity contribution >= 4 is 22.6 Å². The molecule has 4 aromatic rings. The normalized spacial score (nSPS) is 11.7. The van der Waals surface area contributed by atoms with Gasteiger partial charge >= 0.3 is 6.18 Å². The topological polar surface area (TPSA) is 68.9 Å². The molecule has 0 aliphatic heterocycles. The van der Waals surface area contributed by atoms with E-state index in [0.717, 1.165) is 27.3 Å². The zero-order valence-electron chi connectivity index (χ0n) is 18.3. The van der Waals surface area contributed by atoms with Crippen LogP contribution in [0.4, 0.5) is 23.2 Å². The Morgan fingerprint density at radius 2 is 1.79 bits per heavy atom. The van der Waals surface area contributed by atoms with Gasteiger partial charge in [-0.15, -0.1) is 0 Å². The van der Waals surface area contributed by atoms with Crippen LogP contribution in [-0.4, -0.2) is 20.3 Å². The first-order valence-corrected chi connectivity index (χ1v) is 10.4. The summed E-state index contributed by atoms with van der Waals surface area (Å²) in [5.74, 6) is -1.25. The van der Waals surface area contributed by atoms with Crippen LogP contribution in [0.15, 0.2) is 59.4 Å². The Labute approximate surface area is 191 Å². The van der Waals surface area contributed by atoms with Crippen LogP contribution in [0.1, 0.15) is 23.7 Å². The summed E-state index contributed by atoms with van der Waals surface area (Å²) in [4.78, 5) is 25.5. The van der Waals surface area contributed by atoms with Gasteiger partial charge in [-0.1, -0.05) is 25.1 Å². The number of alkyl halides is 3. The lowest BCUT2D eigenvalue weighted by molar-refractivity contribution is -0.136. The highest BCUT2D eigenvalue weighted by molar-refractivity contribution is 5.92. The van der Waals surface area contributed by atoms with E-state index in [9.17, 15) is 27.2 Å². The van der Waals surface area contributed by atoms with Crippen molar-refractivity contribution in [1.82, 2.24) is 14.3 Å². The minimum Gasteiger partial charge on any atom is -0.325 e. The highest BCUT2D eigenvalue weighted by Gasteiger charge is 2.36. The van der Waals surface area contributed by atoms with Crippen LogP contribution >= 0.6 is 0 Å². The average molecular weight is 472 g/mol. The summed E-state index contributed by atoms with van der Waals surface area (Å²) < 4.78 is 57.1. The van der Waals surface area contributed by atoms with Crippen molar-refractivity contribution in [3.63, 3.8) is 0 Å². The van der Waals surface area contributed by atoms with Crippen molar-refractivity contribution in [2.45, 2.75) is 33.0 Å². The van der Waals surface area contributed by atoms with Crippen LogP contribution in [0, 0.1) is 12.7 Å². The second kappa shape index (κ2) is 8.77. The number of benzene rings is 2. The summed E-state index contributed by atoms with van der Waals surface area (Å²) >= 11 is 0. The summed E-state index contributed by atoms with van der Waals surface area (Å²) in [5, 5.41) is 6.45. The van der Waals surface area contributed by atoms with Crippen molar-refractivity contribution in [3.8, 4) is 5.69 Å². The lowest BCUT2D eigenvalue weighted by Gasteiger charge is -2.15. The third-order valence-corrected chi connectivity index (χ3v) is 5.40. The number of fused-ring (bicyclic) bond motifs is 1. The monoisotopic (exact) mass is 472 g/mol. The molecule has 0 saturated heterocycles. The van der Waals surface area contributed by atoms with Gasteiger partial charge in [0.25, 0.3) is 5.56 Å². The average Bonchev–Trinajstić information content (AvgIpc) is 3.12. The van der Waals surface area contributed by atoms with Gasteiger partial charge in [0.05, 0.1) is 22.3 Å². The maximum atomic E-state index is 13.9. The van der Waals surface area contributed by atoms with Crippen molar-refractivity contribution in [2.75, 3.05) is 5.32 Å². The number of pyridine rings is 1. The zero-order chi connectivity index (χ0) is 24.6. The summed E-state index contributed by atoms with van der Waals surface area (Å²) in [6.07, 6.45) is -4.02. The van der Waals surface area contributed by atoms with Crippen LogP contribution in [0.2, 0.25) is 0 Å². The first kappa shape index (κ1) is 23.2. The molecule has 0 atom stereocenters. The number of carbonyl (C=O) groups is 1. The SMILES string of the molecule is CCc1ccc(NC(=O)Cn2c(=O)cc(C(F)(F)F)c3c(C)nn(-c4cccc(F)c4)c32)cc1. The van der Waals surface area contributed by atoms with Gasteiger partial charge in [-0.2, -0.15) is 18.3 Å². The number of amides is 1. The quantitative estimate of drug-likeness (QED) is 0.422. The van der Waals surface area contributed by atoms with Crippen LogP contribution in [0.25, 0.3) is 16.7 Å². The summed E-state index contributed by atoms with van der Waals surface area (Å²) in [6.45, 7) is 2.78. The molecule has 0 spiro atoms. The molecular formula is C24H20F4N4O2. The number of carbonyl (C=O) groups excluding carboxylic acids is 1. The lowest BCUT2D eigenvalue weighted by Crippen LogP contribution is -2.30. The van der Waals surface area contributed by atoms with Crippen LogP contribution < -0.4 is 10.9 Å². The van der Waals surface area contributed by atoms with E-state index in [2.05, 4.69) is 10.4 Å². The molecule has 10 heteroatoms. The Balaban J connectivity index is 1.86. The molecule has 1 N–H and O–H groups in total. The Morgan fingerprint density at radius 3 is 2.41 bits per heavy atom. The summed E-state index contributed by atoms with van der Waals surface area (Å²) in [6, 6.07) is 12.6. The number of nitrogens with zero attached hydrogens (tertiary/aromatic N) is 3. The Morgan fingerprint density at radius 1 is 1.09 bits per heavy atom. The molecular weight excluding hydrogens is 452 g/mol. The Kier molecular flexibility index (Phi) is 5.99. The number of aromatic nitrogens is 3. The molecule has 0 aliphatic carbocycles. The van der Waals surface area contributed by atoms with E-state index < -0.39 is 35.6 Å². The van der Waals surface area contributed by atoms with Crippen molar-refractivity contribution in [2.24, 2.45) is 0 Å². The first-order chi connectivity index (χ1) is 16.1. The van der Waals surface area contributed by atoms with E-state index >= 15 is 0 Å². The molecule has 0 unspecified atom stereocenters. The molecule has 2 heterocycles. The molecule has 0 fully saturated rings. The highest BCUT2D eigenvalue weighted by Crippen LogP contribution is 2.36. The number of anilines is 1. The minimum absolute atomic E-state index is 0.0177. The Hall–Kier alpha value is -3.95. The number of aryl methyl sites for hydroxylation is 2. The van der Waals surface area contributed by atoms with Crippen molar-refractivity contribution in [3.05, 3.63) is 87.6 Å². The molecule has 6 nitrogen and oxygen atoms in total. The van der Waals surface area contributed by atoms with Crippen LogP contribution in [0.5, 0.6) is 0 Å². The second-order valence-electron chi connectivity index (χ2n) is 7.75. The number of halogens is 4. The number of rotatable bonds is 5. The third kappa shape index (κ3) is 4.43. The summed E-state index contributed by atoms with van der Waals surface area (Å²) in [7, 11) is 0. The van der Waals surface area contributed by atoms with E-state index in [1.165, 1.54) is 25.1 Å². The molecule has 2 aromatic heterocycles. The number of hydrogen-bond donors (Lipinski definition) is 1. The van der Waals surface area contributed by atoms with Gasteiger partial charge in [0, 0.05) is 11.8 Å². The third-order valence-electron chi connectivity index (χ3n) is 5.40. The molecule has 0 radical (unpaired) electrons. The predicted molar refractivity (Wildman–Crippen MR) is 119 cm³/mol. The second-order valence-corrected chi connectivity index (χ2v) is 7.75. The van der Waals surface area contributed by atoms with Gasteiger partial charge in [0.15, 0.2) is 0 Å². The molecule has 2 aromatic carbocycles. The standard InChI is InChI=1S/C24H20F4N4O2/c1-3-15-7-9-17(10-8-15)29-20(33)13-31-21(34)12-19(24(26,27)28)22-14(2)30-32(23(22)31)18-6-4-5-16(25)11-18/h4-12H,3,13H2,1-2H3,(H,29,33). The fourth-order valence-corrected chi connectivity index (χ4v) is 3.79. The molecule has 0 aliphatic rings. The molecule has 176 valence electrons. The first-order valence-electron chi connectivity index (χ1n) is 10.4. The van der Waals surface area contributed by atoms with Crippen LogP contribution in [-0.2, 0) is 23.9 Å². The molecule has 34 heavy (non-hydrogen) atoms. The van der Waals surface area contributed by atoms with Crippen LogP contribution in [0.3, 0.4) is 0 Å². The van der Waals surface area contributed by atoms with Gasteiger partial charge in [-0.25, -0.2) is 9.07 Å².